The van der Waals surface area contributed by atoms with Crippen LogP contribution in [-0.4, -0.2) is 31.1 Å². The zero-order chi connectivity index (χ0) is 13.0. The van der Waals surface area contributed by atoms with Crippen LogP contribution in [0.5, 0.6) is 0 Å². The van der Waals surface area contributed by atoms with Gasteiger partial charge >= 0.3 is 5.97 Å². The molecule has 2 rings (SSSR count). The molecule has 0 aromatic carbocycles. The molecule has 1 saturated heterocycles. The lowest BCUT2D eigenvalue weighted by Crippen LogP contribution is -2.31. The third-order valence-electron chi connectivity index (χ3n) is 3.53. The highest BCUT2D eigenvalue weighted by Crippen LogP contribution is 2.36. The summed E-state index contributed by atoms with van der Waals surface area (Å²) in [4.78, 5) is 11.3. The van der Waals surface area contributed by atoms with E-state index in [9.17, 15) is 4.79 Å². The number of rotatable bonds is 3. The van der Waals surface area contributed by atoms with Gasteiger partial charge in [-0.25, -0.2) is 4.79 Å². The number of hydrogen-bond donors (Lipinski definition) is 0. The highest BCUT2D eigenvalue weighted by molar-refractivity contribution is 5.86. The molecule has 1 heterocycles. The van der Waals surface area contributed by atoms with Crippen molar-refractivity contribution in [3.8, 4) is 0 Å². The Kier molecular flexibility index (Phi) is 4.40. The van der Waals surface area contributed by atoms with E-state index in [-0.39, 0.29) is 18.7 Å². The molecule has 0 bridgehead atoms. The molecule has 4 heteroatoms. The standard InChI is InChI=1S/C14H22O4/c1-11(2)13(15)16-9-12-10-17-14(18-12)7-5-3-4-6-8-14/h12H,1,3-10H2,2H3. The summed E-state index contributed by atoms with van der Waals surface area (Å²) in [6.07, 6.45) is 6.59. The number of esters is 1. The van der Waals surface area contributed by atoms with Gasteiger partial charge < -0.3 is 14.2 Å². The molecule has 0 aromatic heterocycles. The summed E-state index contributed by atoms with van der Waals surface area (Å²) in [5.41, 5.74) is 0.415. The third-order valence-corrected chi connectivity index (χ3v) is 3.53. The van der Waals surface area contributed by atoms with Crippen LogP contribution in [0.2, 0.25) is 0 Å². The van der Waals surface area contributed by atoms with Crippen molar-refractivity contribution in [3.63, 3.8) is 0 Å². The maximum atomic E-state index is 11.3. The first-order valence-electron chi connectivity index (χ1n) is 6.76. The minimum atomic E-state index is -0.406. The van der Waals surface area contributed by atoms with Crippen LogP contribution < -0.4 is 0 Å². The van der Waals surface area contributed by atoms with Crippen LogP contribution in [0.3, 0.4) is 0 Å². The minimum absolute atomic E-state index is 0.133. The second-order valence-electron chi connectivity index (χ2n) is 5.25. The molecule has 18 heavy (non-hydrogen) atoms. The molecular formula is C14H22O4. The van der Waals surface area contributed by atoms with E-state index in [4.69, 9.17) is 14.2 Å². The maximum Gasteiger partial charge on any atom is 0.333 e. The van der Waals surface area contributed by atoms with E-state index in [1.54, 1.807) is 6.92 Å². The van der Waals surface area contributed by atoms with Gasteiger partial charge in [0.15, 0.2) is 5.79 Å². The molecule has 0 N–H and O–H groups in total. The van der Waals surface area contributed by atoms with E-state index >= 15 is 0 Å². The van der Waals surface area contributed by atoms with E-state index in [2.05, 4.69) is 6.58 Å². The predicted octanol–water partition coefficient (Wildman–Crippen LogP) is 2.57. The van der Waals surface area contributed by atoms with Crippen molar-refractivity contribution >= 4 is 5.97 Å². The van der Waals surface area contributed by atoms with E-state index in [0.29, 0.717) is 12.2 Å². The smallest absolute Gasteiger partial charge is 0.333 e. The van der Waals surface area contributed by atoms with Crippen LogP contribution in [0.15, 0.2) is 12.2 Å². The van der Waals surface area contributed by atoms with Crippen molar-refractivity contribution in [2.75, 3.05) is 13.2 Å². The summed E-state index contributed by atoms with van der Waals surface area (Å²) in [6, 6.07) is 0. The molecule has 0 amide bonds. The quantitative estimate of drug-likeness (QED) is 0.573. The molecule has 1 atom stereocenters. The normalized spacial score (nSPS) is 26.8. The molecule has 1 saturated carbocycles. The first kappa shape index (κ1) is 13.6. The Balaban J connectivity index is 1.80. The molecule has 1 aliphatic heterocycles. The van der Waals surface area contributed by atoms with Crippen molar-refractivity contribution in [1.82, 2.24) is 0 Å². The van der Waals surface area contributed by atoms with Gasteiger partial charge in [0.25, 0.3) is 0 Å². The second-order valence-corrected chi connectivity index (χ2v) is 5.25. The first-order valence-corrected chi connectivity index (χ1v) is 6.76. The maximum absolute atomic E-state index is 11.3. The van der Waals surface area contributed by atoms with Crippen LogP contribution in [0, 0.1) is 0 Å². The summed E-state index contributed by atoms with van der Waals surface area (Å²) in [6.45, 7) is 5.96. The van der Waals surface area contributed by atoms with Crippen molar-refractivity contribution < 1.29 is 19.0 Å². The molecular weight excluding hydrogens is 232 g/mol. The van der Waals surface area contributed by atoms with Crippen LogP contribution >= 0.6 is 0 Å². The molecule has 4 nitrogen and oxygen atoms in total. The zero-order valence-corrected chi connectivity index (χ0v) is 11.1. The van der Waals surface area contributed by atoms with Gasteiger partial charge in [0.2, 0.25) is 0 Å². The zero-order valence-electron chi connectivity index (χ0n) is 11.1. The van der Waals surface area contributed by atoms with Gasteiger partial charge in [-0.2, -0.15) is 0 Å². The Morgan fingerprint density at radius 1 is 1.33 bits per heavy atom. The summed E-state index contributed by atoms with van der Waals surface area (Å²) < 4.78 is 16.9. The van der Waals surface area contributed by atoms with E-state index in [1.807, 2.05) is 0 Å². The summed E-state index contributed by atoms with van der Waals surface area (Å²) >= 11 is 0. The highest BCUT2D eigenvalue weighted by atomic mass is 16.8. The molecule has 0 radical (unpaired) electrons. The van der Waals surface area contributed by atoms with E-state index in [1.165, 1.54) is 12.8 Å². The van der Waals surface area contributed by atoms with Gasteiger partial charge in [0.05, 0.1) is 6.61 Å². The first-order chi connectivity index (χ1) is 8.61. The lowest BCUT2D eigenvalue weighted by Gasteiger charge is -2.26. The Bertz CT molecular complexity index is 316. The second kappa shape index (κ2) is 5.85. The van der Waals surface area contributed by atoms with Crippen molar-refractivity contribution in [1.29, 1.82) is 0 Å². The van der Waals surface area contributed by atoms with E-state index in [0.717, 1.165) is 25.7 Å². The van der Waals surface area contributed by atoms with Gasteiger partial charge in [-0.1, -0.05) is 19.4 Å². The Morgan fingerprint density at radius 3 is 2.61 bits per heavy atom. The van der Waals surface area contributed by atoms with Gasteiger partial charge in [-0.3, -0.25) is 0 Å². The fourth-order valence-electron chi connectivity index (χ4n) is 2.52. The molecule has 0 aromatic rings. The van der Waals surface area contributed by atoms with Gasteiger partial charge in [-0.05, 0) is 19.8 Å². The molecule has 1 spiro atoms. The number of ether oxygens (including phenoxy) is 3. The highest BCUT2D eigenvalue weighted by Gasteiger charge is 2.41. The number of carbonyl (C=O) groups is 1. The van der Waals surface area contributed by atoms with Crippen LogP contribution in [-0.2, 0) is 19.0 Å². The van der Waals surface area contributed by atoms with Gasteiger partial charge in [-0.15, -0.1) is 0 Å². The van der Waals surface area contributed by atoms with Crippen molar-refractivity contribution in [2.24, 2.45) is 0 Å². The fraction of sp³-hybridized carbons (Fsp3) is 0.786. The van der Waals surface area contributed by atoms with Gasteiger partial charge in [0, 0.05) is 18.4 Å². The summed E-state index contributed by atoms with van der Waals surface area (Å²) in [7, 11) is 0. The molecule has 1 unspecified atom stereocenters. The van der Waals surface area contributed by atoms with Crippen LogP contribution in [0.1, 0.15) is 45.4 Å². The molecule has 102 valence electrons. The average molecular weight is 254 g/mol. The van der Waals surface area contributed by atoms with E-state index < -0.39 is 5.79 Å². The lowest BCUT2D eigenvalue weighted by molar-refractivity contribution is -0.182. The topological polar surface area (TPSA) is 44.8 Å². The Morgan fingerprint density at radius 2 is 2.00 bits per heavy atom. The van der Waals surface area contributed by atoms with Crippen LogP contribution in [0.25, 0.3) is 0 Å². The monoisotopic (exact) mass is 254 g/mol. The average Bonchev–Trinajstić information content (AvgIpc) is 2.59. The van der Waals surface area contributed by atoms with Gasteiger partial charge in [0.1, 0.15) is 12.7 Å². The Hall–Kier alpha value is -0.870. The minimum Gasteiger partial charge on any atom is -0.459 e. The number of carbonyl (C=O) groups excluding carboxylic acids is 1. The van der Waals surface area contributed by atoms with Crippen molar-refractivity contribution in [3.05, 3.63) is 12.2 Å². The largest absolute Gasteiger partial charge is 0.459 e. The predicted molar refractivity (Wildman–Crippen MR) is 67.0 cm³/mol. The SMILES string of the molecule is C=C(C)C(=O)OCC1COC2(CCCCCC2)O1. The third kappa shape index (κ3) is 3.33. The van der Waals surface area contributed by atoms with Crippen molar-refractivity contribution in [2.45, 2.75) is 57.3 Å². The number of hydrogen-bond acceptors (Lipinski definition) is 4. The lowest BCUT2D eigenvalue weighted by atomic mass is 10.1. The molecule has 2 fully saturated rings. The summed E-state index contributed by atoms with van der Waals surface area (Å²) in [5.74, 6) is -0.767. The fourth-order valence-corrected chi connectivity index (χ4v) is 2.52. The summed E-state index contributed by atoms with van der Waals surface area (Å²) in [5, 5.41) is 0. The Labute approximate surface area is 108 Å². The van der Waals surface area contributed by atoms with Crippen LogP contribution in [0.4, 0.5) is 0 Å². The molecule has 1 aliphatic carbocycles. The molecule has 2 aliphatic rings.